The summed E-state index contributed by atoms with van der Waals surface area (Å²) in [5.41, 5.74) is 8.49. The first kappa shape index (κ1) is 21.4. The van der Waals surface area contributed by atoms with E-state index in [0.717, 1.165) is 49.6 Å². The highest BCUT2D eigenvalue weighted by atomic mass is 15.2. The zero-order valence-electron chi connectivity index (χ0n) is 19.6. The maximum Gasteiger partial charge on any atom is 0.137 e. The Morgan fingerprint density at radius 3 is 2.42 bits per heavy atom. The molecule has 0 N–H and O–H groups in total. The molecule has 1 aliphatic rings. The zero-order chi connectivity index (χ0) is 22.9. The van der Waals surface area contributed by atoms with Crippen molar-refractivity contribution in [3.05, 3.63) is 71.7 Å². The fourth-order valence-electron chi connectivity index (χ4n) is 4.70. The van der Waals surface area contributed by atoms with Gasteiger partial charge in [0.25, 0.3) is 0 Å². The van der Waals surface area contributed by atoms with E-state index in [4.69, 9.17) is 4.98 Å². The summed E-state index contributed by atoms with van der Waals surface area (Å²) in [5, 5.41) is 9.21. The Kier molecular flexibility index (Phi) is 5.76. The molecule has 1 aliphatic heterocycles. The van der Waals surface area contributed by atoms with Gasteiger partial charge in [0.1, 0.15) is 5.65 Å². The number of pyridine rings is 1. The molecule has 1 aromatic carbocycles. The van der Waals surface area contributed by atoms with Crippen molar-refractivity contribution in [3.8, 4) is 28.6 Å². The Bertz CT molecular complexity index is 1320. The van der Waals surface area contributed by atoms with E-state index in [1.54, 1.807) is 0 Å². The summed E-state index contributed by atoms with van der Waals surface area (Å²) in [5.74, 6) is 0. The maximum absolute atomic E-state index is 9.21. The number of rotatable bonds is 4. The van der Waals surface area contributed by atoms with Gasteiger partial charge in [-0.15, -0.1) is 0 Å². The topological polar surface area (TPSA) is 52.5 Å². The molecule has 168 valence electrons. The molecule has 6 nitrogen and oxygen atoms in total. The minimum Gasteiger partial charge on any atom is -0.348 e. The quantitative estimate of drug-likeness (QED) is 0.476. The van der Waals surface area contributed by atoms with E-state index in [1.807, 2.05) is 24.3 Å². The first-order valence-electron chi connectivity index (χ1n) is 11.6. The number of likely N-dealkylation sites (N-methyl/N-ethyl adjacent to an activating group) is 1. The highest BCUT2D eigenvalue weighted by molar-refractivity contribution is 5.70. The molecule has 0 spiro atoms. The molecule has 0 atom stereocenters. The molecule has 4 aromatic rings. The van der Waals surface area contributed by atoms with Crippen LogP contribution >= 0.6 is 0 Å². The lowest BCUT2D eigenvalue weighted by Gasteiger charge is -2.21. The molecule has 5 rings (SSSR count). The van der Waals surface area contributed by atoms with Gasteiger partial charge in [0.05, 0.1) is 23.0 Å². The van der Waals surface area contributed by atoms with Crippen molar-refractivity contribution in [3.63, 3.8) is 0 Å². The minimum atomic E-state index is 0.668. The summed E-state index contributed by atoms with van der Waals surface area (Å²) in [7, 11) is 4.31. The standard InChI is InChI=1S/C27H30N6/c1-20-5-11-24(31(20)3)23-10-12-26-29-27(22-8-6-21(17-28)7-9-22)25(33(26)18-23)19-32-14-4-13-30(2)15-16-32/h5-12,18H,4,13-16,19H2,1-3H3. The number of benzene rings is 1. The molecule has 0 bridgehead atoms. The number of aryl methyl sites for hydroxylation is 1. The fraction of sp³-hybridized carbons (Fsp3) is 0.333. The molecular weight excluding hydrogens is 408 g/mol. The SMILES string of the molecule is Cc1ccc(-c2ccc3nc(-c4ccc(C#N)cc4)c(CN4CCCN(C)CC4)n3c2)n1C. The Morgan fingerprint density at radius 1 is 0.909 bits per heavy atom. The van der Waals surface area contributed by atoms with Crippen LogP contribution in [0, 0.1) is 18.3 Å². The monoisotopic (exact) mass is 438 g/mol. The number of fused-ring (bicyclic) bond motifs is 1. The summed E-state index contributed by atoms with van der Waals surface area (Å²) in [6, 6.07) is 18.6. The third-order valence-electron chi connectivity index (χ3n) is 6.86. The van der Waals surface area contributed by atoms with Crippen molar-refractivity contribution >= 4 is 5.65 Å². The predicted molar refractivity (Wildman–Crippen MR) is 132 cm³/mol. The molecule has 0 saturated carbocycles. The third-order valence-corrected chi connectivity index (χ3v) is 6.86. The van der Waals surface area contributed by atoms with Crippen LogP contribution in [0.4, 0.5) is 0 Å². The molecule has 6 heteroatoms. The van der Waals surface area contributed by atoms with Gasteiger partial charge in [-0.25, -0.2) is 4.98 Å². The second kappa shape index (κ2) is 8.86. The van der Waals surface area contributed by atoms with Gasteiger partial charge in [0.2, 0.25) is 0 Å². The van der Waals surface area contributed by atoms with Crippen LogP contribution in [-0.2, 0) is 13.6 Å². The Labute approximate surface area is 195 Å². The molecule has 0 amide bonds. The van der Waals surface area contributed by atoms with Crippen LogP contribution in [0.15, 0.2) is 54.7 Å². The largest absolute Gasteiger partial charge is 0.348 e. The van der Waals surface area contributed by atoms with E-state index >= 15 is 0 Å². The summed E-state index contributed by atoms with van der Waals surface area (Å²) in [6.07, 6.45) is 3.40. The second-order valence-electron chi connectivity index (χ2n) is 9.09. The first-order valence-corrected chi connectivity index (χ1v) is 11.6. The number of aromatic nitrogens is 3. The van der Waals surface area contributed by atoms with E-state index in [2.05, 4.69) is 76.3 Å². The second-order valence-corrected chi connectivity index (χ2v) is 9.09. The van der Waals surface area contributed by atoms with Crippen LogP contribution in [0.2, 0.25) is 0 Å². The molecule has 0 unspecified atom stereocenters. The van der Waals surface area contributed by atoms with Crippen LogP contribution in [-0.4, -0.2) is 57.0 Å². The smallest absolute Gasteiger partial charge is 0.137 e. The van der Waals surface area contributed by atoms with Gasteiger partial charge < -0.3 is 13.9 Å². The van der Waals surface area contributed by atoms with Crippen molar-refractivity contribution < 1.29 is 0 Å². The lowest BCUT2D eigenvalue weighted by molar-refractivity contribution is 0.266. The van der Waals surface area contributed by atoms with E-state index < -0.39 is 0 Å². The van der Waals surface area contributed by atoms with Gasteiger partial charge in [-0.2, -0.15) is 5.26 Å². The summed E-state index contributed by atoms with van der Waals surface area (Å²) >= 11 is 0. The molecule has 0 aliphatic carbocycles. The lowest BCUT2D eigenvalue weighted by atomic mass is 10.1. The summed E-state index contributed by atoms with van der Waals surface area (Å²) in [4.78, 5) is 9.99. The minimum absolute atomic E-state index is 0.668. The summed E-state index contributed by atoms with van der Waals surface area (Å²) < 4.78 is 4.49. The Morgan fingerprint density at radius 2 is 1.70 bits per heavy atom. The Hall–Kier alpha value is -3.40. The van der Waals surface area contributed by atoms with Crippen molar-refractivity contribution in [2.75, 3.05) is 33.2 Å². The van der Waals surface area contributed by atoms with Gasteiger partial charge in [-0.3, -0.25) is 4.90 Å². The molecule has 0 radical (unpaired) electrons. The van der Waals surface area contributed by atoms with Crippen molar-refractivity contribution in [2.45, 2.75) is 19.9 Å². The van der Waals surface area contributed by atoms with Gasteiger partial charge in [0, 0.05) is 55.4 Å². The normalized spacial score (nSPS) is 15.6. The van der Waals surface area contributed by atoms with E-state index in [1.165, 1.54) is 29.1 Å². The van der Waals surface area contributed by atoms with Crippen LogP contribution in [0.25, 0.3) is 28.2 Å². The molecule has 1 fully saturated rings. The third kappa shape index (κ3) is 4.18. The highest BCUT2D eigenvalue weighted by Crippen LogP contribution is 2.29. The van der Waals surface area contributed by atoms with Crippen LogP contribution in [0.5, 0.6) is 0 Å². The fourth-order valence-corrected chi connectivity index (χ4v) is 4.70. The molecule has 3 aromatic heterocycles. The van der Waals surface area contributed by atoms with E-state index in [0.29, 0.717) is 5.56 Å². The first-order chi connectivity index (χ1) is 16.0. The zero-order valence-corrected chi connectivity index (χ0v) is 19.6. The Balaban J connectivity index is 1.62. The summed E-state index contributed by atoms with van der Waals surface area (Å²) in [6.45, 7) is 7.33. The average Bonchev–Trinajstić information content (AvgIpc) is 3.27. The number of hydrogen-bond acceptors (Lipinski definition) is 4. The van der Waals surface area contributed by atoms with E-state index in [9.17, 15) is 5.26 Å². The number of imidazole rings is 1. The maximum atomic E-state index is 9.21. The van der Waals surface area contributed by atoms with Gasteiger partial charge in [-0.05, 0) is 69.9 Å². The van der Waals surface area contributed by atoms with Crippen molar-refractivity contribution in [1.29, 1.82) is 5.26 Å². The molecule has 1 saturated heterocycles. The highest BCUT2D eigenvalue weighted by Gasteiger charge is 2.20. The molecular formula is C27H30N6. The molecule has 33 heavy (non-hydrogen) atoms. The number of hydrogen-bond donors (Lipinski definition) is 0. The van der Waals surface area contributed by atoms with Crippen LogP contribution < -0.4 is 0 Å². The predicted octanol–water partition coefficient (Wildman–Crippen LogP) is 4.32. The molecule has 4 heterocycles. The van der Waals surface area contributed by atoms with Gasteiger partial charge in [0.15, 0.2) is 0 Å². The van der Waals surface area contributed by atoms with Crippen LogP contribution in [0.3, 0.4) is 0 Å². The number of nitrogens with zero attached hydrogens (tertiary/aromatic N) is 6. The average molecular weight is 439 g/mol. The lowest BCUT2D eigenvalue weighted by Crippen LogP contribution is -2.29. The van der Waals surface area contributed by atoms with Gasteiger partial charge >= 0.3 is 0 Å². The number of nitriles is 1. The van der Waals surface area contributed by atoms with Crippen LogP contribution in [0.1, 0.15) is 23.4 Å². The van der Waals surface area contributed by atoms with Gasteiger partial charge in [-0.1, -0.05) is 12.1 Å². The van der Waals surface area contributed by atoms with E-state index in [-0.39, 0.29) is 0 Å². The van der Waals surface area contributed by atoms with Crippen molar-refractivity contribution in [1.82, 2.24) is 23.8 Å². The van der Waals surface area contributed by atoms with Crippen molar-refractivity contribution in [2.24, 2.45) is 7.05 Å².